The lowest BCUT2D eigenvalue weighted by atomic mass is 10.00. The van der Waals surface area contributed by atoms with E-state index in [1.165, 1.54) is 11.1 Å². The average Bonchev–Trinajstić information content (AvgIpc) is 2.88. The predicted octanol–water partition coefficient (Wildman–Crippen LogP) is 4.32. The summed E-state index contributed by atoms with van der Waals surface area (Å²) in [5, 5.41) is 13.9. The summed E-state index contributed by atoms with van der Waals surface area (Å²) < 4.78 is 10.7. The molecule has 33 heavy (non-hydrogen) atoms. The van der Waals surface area contributed by atoms with Crippen LogP contribution < -0.4 is 0 Å². The number of hydrogen-bond acceptors (Lipinski definition) is 8. The lowest BCUT2D eigenvalue weighted by Gasteiger charge is -2.34. The highest BCUT2D eigenvalue weighted by molar-refractivity contribution is 6.13. The van der Waals surface area contributed by atoms with Crippen LogP contribution in [-0.4, -0.2) is 48.5 Å². The molecule has 0 amide bonds. The zero-order valence-electron chi connectivity index (χ0n) is 18.2. The van der Waals surface area contributed by atoms with Crippen LogP contribution in [0.1, 0.15) is 36.5 Å². The maximum Gasteiger partial charge on any atom is 0.326 e. The second-order valence-corrected chi connectivity index (χ2v) is 7.34. The van der Waals surface area contributed by atoms with E-state index >= 15 is 0 Å². The van der Waals surface area contributed by atoms with Crippen LogP contribution in [0.2, 0.25) is 0 Å². The number of likely N-dealkylation sites (tertiary alicyclic amines) is 1. The molecule has 9 heteroatoms. The smallest absolute Gasteiger partial charge is 0.326 e. The molecule has 1 saturated heterocycles. The molecule has 0 saturated carbocycles. The van der Waals surface area contributed by atoms with Gasteiger partial charge in [0, 0.05) is 19.6 Å². The second-order valence-electron chi connectivity index (χ2n) is 7.19. The fourth-order valence-corrected chi connectivity index (χ4v) is 3.51. The van der Waals surface area contributed by atoms with Crippen LogP contribution in [0.25, 0.3) is 0 Å². The number of ether oxygens (including phenoxy) is 1. The zero-order chi connectivity index (χ0) is 23.7. The molecule has 1 aliphatic rings. The largest absolute Gasteiger partial charge is 0.365 e. The third kappa shape index (κ3) is 10.3. The first-order valence-electron chi connectivity index (χ1n) is 10.5. The lowest BCUT2D eigenvalue weighted by Crippen LogP contribution is -2.38. The summed E-state index contributed by atoms with van der Waals surface area (Å²) in [7, 11) is 0. The number of carbonyl (C=O) groups excluding carboxylic acids is 1. The van der Waals surface area contributed by atoms with Crippen molar-refractivity contribution >= 4 is 17.8 Å². The zero-order valence-corrected chi connectivity index (χ0v) is 18.9. The van der Waals surface area contributed by atoms with Gasteiger partial charge >= 0.3 is 5.97 Å². The minimum Gasteiger partial charge on any atom is -0.365 e. The van der Waals surface area contributed by atoms with E-state index in [9.17, 15) is 4.79 Å². The van der Waals surface area contributed by atoms with Crippen molar-refractivity contribution in [3.63, 3.8) is 0 Å². The maximum atomic E-state index is 11.2. The average molecular weight is 478 g/mol. The predicted molar refractivity (Wildman–Crippen MR) is 121 cm³/mol. The van der Waals surface area contributed by atoms with Crippen molar-refractivity contribution in [2.45, 2.75) is 31.5 Å². The Kier molecular flexibility index (Phi) is 13.1. The second kappa shape index (κ2) is 16.2. The van der Waals surface area contributed by atoms with E-state index in [2.05, 4.69) is 60.8 Å². The monoisotopic (exact) mass is 477 g/mol. The molecule has 0 unspecified atom stereocenters. The molecule has 0 radical (unpaired) electrons. The molecule has 0 aliphatic carbocycles. The first-order chi connectivity index (χ1) is 16.2. The molecule has 1 heterocycles. The van der Waals surface area contributed by atoms with Gasteiger partial charge in [0.05, 0.1) is 12.5 Å². The molecule has 1 aliphatic heterocycles. The van der Waals surface area contributed by atoms with Crippen LogP contribution in [0.4, 0.5) is 0 Å². The van der Waals surface area contributed by atoms with Crippen LogP contribution in [0.5, 0.6) is 0 Å². The van der Waals surface area contributed by atoms with Gasteiger partial charge in [-0.2, -0.15) is 4.89 Å². The van der Waals surface area contributed by atoms with Gasteiger partial charge in [-0.05, 0) is 34.0 Å². The number of nitrogens with zero attached hydrogens (tertiary/aromatic N) is 1. The Hall–Kier alpha value is -2.48. The molecule has 2 aromatic carbocycles. The van der Waals surface area contributed by atoms with Gasteiger partial charge in [-0.3, -0.25) is 4.79 Å². The SMILES string of the molecule is C#CCOOOO.O=C(CCN1CCC(OC(c2ccccc2)c2ccccc2)CC1)OCl. The summed E-state index contributed by atoms with van der Waals surface area (Å²) in [6, 6.07) is 20.7. The Morgan fingerprint density at radius 1 is 1.09 bits per heavy atom. The summed E-state index contributed by atoms with van der Waals surface area (Å²) in [5.74, 6) is 1.69. The first-order valence-corrected chi connectivity index (χ1v) is 10.8. The molecule has 0 atom stereocenters. The highest BCUT2D eigenvalue weighted by atomic mass is 35.5. The standard InChI is InChI=1S/C21H24ClNO3.C3H4O4/c22-26-20(24)13-16-23-14-11-19(12-15-23)25-21(17-7-3-1-4-8-17)18-9-5-2-6-10-18;1-2-3-5-7-6-4/h1-10,19,21H,11-16H2;1,4H,3H2. The Balaban J connectivity index is 0.000000479. The van der Waals surface area contributed by atoms with E-state index < -0.39 is 0 Å². The third-order valence-corrected chi connectivity index (χ3v) is 5.18. The number of benzene rings is 2. The molecular formula is C24H28ClNO7. The third-order valence-electron chi connectivity index (χ3n) is 5.01. The van der Waals surface area contributed by atoms with Gasteiger partial charge in [0.1, 0.15) is 24.6 Å². The number of terminal acetylenes is 1. The van der Waals surface area contributed by atoms with Crippen LogP contribution >= 0.6 is 11.9 Å². The van der Waals surface area contributed by atoms with Crippen molar-refractivity contribution in [2.24, 2.45) is 0 Å². The Labute approximate surface area is 198 Å². The number of carbonyl (C=O) groups is 1. The molecule has 8 nitrogen and oxygen atoms in total. The van der Waals surface area contributed by atoms with E-state index in [0.717, 1.165) is 25.9 Å². The quantitative estimate of drug-likeness (QED) is 0.234. The Morgan fingerprint density at radius 3 is 2.15 bits per heavy atom. The van der Waals surface area contributed by atoms with Gasteiger partial charge in [0.25, 0.3) is 0 Å². The van der Waals surface area contributed by atoms with E-state index in [4.69, 9.17) is 21.9 Å². The number of hydrogen-bond donors (Lipinski definition) is 1. The van der Waals surface area contributed by atoms with Crippen molar-refractivity contribution < 1.29 is 34.0 Å². The summed E-state index contributed by atoms with van der Waals surface area (Å²) in [5.41, 5.74) is 2.34. The summed E-state index contributed by atoms with van der Waals surface area (Å²) in [6.45, 7) is 2.45. The number of halogens is 1. The van der Waals surface area contributed by atoms with Crippen molar-refractivity contribution in [1.82, 2.24) is 4.90 Å². The van der Waals surface area contributed by atoms with Crippen molar-refractivity contribution in [2.75, 3.05) is 26.2 Å². The van der Waals surface area contributed by atoms with Crippen LogP contribution in [0.15, 0.2) is 60.7 Å². The summed E-state index contributed by atoms with van der Waals surface area (Å²) in [6.07, 6.45) is 7.05. The summed E-state index contributed by atoms with van der Waals surface area (Å²) in [4.78, 5) is 17.4. The Bertz CT molecular complexity index is 784. The molecular weight excluding hydrogens is 450 g/mol. The van der Waals surface area contributed by atoms with E-state index in [1.807, 2.05) is 36.4 Å². The molecule has 178 valence electrons. The molecule has 1 fully saturated rings. The van der Waals surface area contributed by atoms with Gasteiger partial charge < -0.3 is 13.9 Å². The van der Waals surface area contributed by atoms with Gasteiger partial charge in [-0.1, -0.05) is 66.6 Å². The van der Waals surface area contributed by atoms with E-state index in [1.54, 1.807) is 0 Å². The molecule has 0 aromatic heterocycles. The molecule has 2 aromatic rings. The normalized spacial score (nSPS) is 14.2. The minimum atomic E-state index is -0.377. The van der Waals surface area contributed by atoms with Crippen LogP contribution in [0, 0.1) is 12.3 Å². The molecule has 3 rings (SSSR count). The number of piperidine rings is 1. The van der Waals surface area contributed by atoms with Crippen LogP contribution in [0.3, 0.4) is 0 Å². The maximum absolute atomic E-state index is 11.2. The highest BCUT2D eigenvalue weighted by Gasteiger charge is 2.25. The molecule has 1 N–H and O–H groups in total. The fourth-order valence-electron chi connectivity index (χ4n) is 3.43. The fraction of sp³-hybridized carbons (Fsp3) is 0.375. The minimum absolute atomic E-state index is 0.0550. The molecule has 0 spiro atoms. The lowest BCUT2D eigenvalue weighted by molar-refractivity contribution is -0.620. The summed E-state index contributed by atoms with van der Waals surface area (Å²) >= 11 is 5.08. The van der Waals surface area contributed by atoms with Gasteiger partial charge in [-0.25, -0.2) is 5.26 Å². The number of rotatable bonds is 10. The van der Waals surface area contributed by atoms with Crippen LogP contribution in [-0.2, 0) is 28.8 Å². The van der Waals surface area contributed by atoms with E-state index in [0.29, 0.717) is 13.0 Å². The van der Waals surface area contributed by atoms with Crippen molar-refractivity contribution in [3.05, 3.63) is 71.8 Å². The van der Waals surface area contributed by atoms with Gasteiger partial charge in [0.15, 0.2) is 0 Å². The Morgan fingerprint density at radius 2 is 1.67 bits per heavy atom. The first kappa shape index (κ1) is 26.8. The highest BCUT2D eigenvalue weighted by Crippen LogP contribution is 2.29. The van der Waals surface area contributed by atoms with E-state index in [-0.39, 0.29) is 24.8 Å². The van der Waals surface area contributed by atoms with Crippen molar-refractivity contribution in [3.8, 4) is 12.3 Å². The topological polar surface area (TPSA) is 86.7 Å². The van der Waals surface area contributed by atoms with Gasteiger partial charge in [0.2, 0.25) is 0 Å². The van der Waals surface area contributed by atoms with Crippen molar-refractivity contribution in [1.29, 1.82) is 0 Å². The van der Waals surface area contributed by atoms with Gasteiger partial charge in [-0.15, -0.1) is 6.42 Å². The molecule has 0 bridgehead atoms.